The van der Waals surface area contributed by atoms with E-state index in [1.165, 1.54) is 17.9 Å². The third kappa shape index (κ3) is 12.4. The summed E-state index contributed by atoms with van der Waals surface area (Å²) in [6, 6.07) is 0. The lowest BCUT2D eigenvalue weighted by Crippen LogP contribution is -2.45. The molecule has 0 radical (unpaired) electrons. The first kappa shape index (κ1) is 37.7. The van der Waals surface area contributed by atoms with Crippen LogP contribution in [0.5, 0.6) is 0 Å². The van der Waals surface area contributed by atoms with Gasteiger partial charge in [0.05, 0.1) is 19.0 Å². The molecule has 3 aromatic rings. The molecule has 20 nitrogen and oxygen atoms in total. The van der Waals surface area contributed by atoms with E-state index in [0.717, 1.165) is 37.3 Å². The van der Waals surface area contributed by atoms with Gasteiger partial charge in [-0.3, -0.25) is 13.9 Å². The lowest BCUT2D eigenvalue weighted by Gasteiger charge is -2.31. The van der Waals surface area contributed by atoms with Crippen molar-refractivity contribution in [3.05, 3.63) is 63.2 Å². The zero-order chi connectivity index (χ0) is 35.3. The van der Waals surface area contributed by atoms with Gasteiger partial charge in [-0.2, -0.15) is 4.98 Å². The average molecular weight is 665 g/mol. The minimum absolute atomic E-state index is 0.120. The molecule has 0 amide bonds. The van der Waals surface area contributed by atoms with Gasteiger partial charge in [-0.15, -0.1) is 0 Å². The summed E-state index contributed by atoms with van der Waals surface area (Å²) in [6.45, 7) is 5.15. The molecule has 1 unspecified atom stereocenters. The number of rotatable bonds is 11. The minimum Gasteiger partial charge on any atom is -0.478 e. The van der Waals surface area contributed by atoms with Crippen molar-refractivity contribution in [2.45, 2.75) is 25.5 Å². The highest BCUT2D eigenvalue weighted by Gasteiger charge is 2.19. The van der Waals surface area contributed by atoms with Crippen molar-refractivity contribution in [2.24, 2.45) is 14.1 Å². The number of aliphatic carboxylic acids is 4. The van der Waals surface area contributed by atoms with Crippen LogP contribution < -0.4 is 11.2 Å². The van der Waals surface area contributed by atoms with Crippen LogP contribution in [0.25, 0.3) is 11.2 Å². The van der Waals surface area contributed by atoms with Gasteiger partial charge in [0, 0.05) is 84.0 Å². The summed E-state index contributed by atoms with van der Waals surface area (Å²) in [4.78, 5) is 76.0. The number of imidazole rings is 1. The number of nitrogens with zero attached hydrogens (tertiary/aromatic N) is 8. The molecule has 1 saturated heterocycles. The largest absolute Gasteiger partial charge is 0.478 e. The Balaban J connectivity index is 0.000000397. The van der Waals surface area contributed by atoms with Crippen molar-refractivity contribution >= 4 is 35.0 Å². The molecule has 0 aromatic carbocycles. The van der Waals surface area contributed by atoms with E-state index >= 15 is 0 Å². The van der Waals surface area contributed by atoms with Crippen molar-refractivity contribution < 1.29 is 49.2 Å². The van der Waals surface area contributed by atoms with E-state index in [0.29, 0.717) is 42.4 Å². The standard InChI is InChI=1S/C19H28N8O4.2C4H4O4/c1-23-6-8-26(9-7-23)5-4-15-21-14(22-31-15)10-13(28)11-27-12-20-17-16(27)18(29)25(3)19(30)24(17)2;2*5-3(6)1-2-4(7)8/h12-13,28H,4-11H2,1-3H3;2*1-2H,(H,5,6)(H,7,8). The van der Waals surface area contributed by atoms with Gasteiger partial charge in [-0.25, -0.2) is 29.0 Å². The number of hydrogen-bond acceptors (Lipinski definition) is 13. The number of aliphatic hydroxyl groups is 1. The van der Waals surface area contributed by atoms with Gasteiger partial charge in [-0.05, 0) is 7.05 Å². The van der Waals surface area contributed by atoms with Gasteiger partial charge in [-0.1, -0.05) is 5.16 Å². The van der Waals surface area contributed by atoms with Crippen LogP contribution in [0.1, 0.15) is 11.7 Å². The minimum atomic E-state index is -1.26. The van der Waals surface area contributed by atoms with Gasteiger partial charge in [0.15, 0.2) is 17.0 Å². The van der Waals surface area contributed by atoms with Crippen molar-refractivity contribution in [3.8, 4) is 0 Å². The number of carbonyl (C=O) groups is 4. The third-order valence-corrected chi connectivity index (χ3v) is 6.53. The van der Waals surface area contributed by atoms with Gasteiger partial charge in [0.2, 0.25) is 5.89 Å². The summed E-state index contributed by atoms with van der Waals surface area (Å²) < 4.78 is 9.22. The van der Waals surface area contributed by atoms with E-state index in [1.54, 1.807) is 11.6 Å². The fourth-order valence-corrected chi connectivity index (χ4v) is 4.12. The molecule has 5 N–H and O–H groups in total. The summed E-state index contributed by atoms with van der Waals surface area (Å²) in [5.74, 6) is -4.05. The highest BCUT2D eigenvalue weighted by Crippen LogP contribution is 2.10. The molecule has 1 fully saturated rings. The molecule has 1 aliphatic heterocycles. The zero-order valence-corrected chi connectivity index (χ0v) is 25.8. The number of hydrogen-bond donors (Lipinski definition) is 5. The van der Waals surface area contributed by atoms with E-state index in [1.807, 2.05) is 0 Å². The molecule has 20 heteroatoms. The lowest BCUT2D eigenvalue weighted by molar-refractivity contribution is -0.134. The van der Waals surface area contributed by atoms with Gasteiger partial charge < -0.3 is 44.4 Å². The Morgan fingerprint density at radius 2 is 1.40 bits per heavy atom. The summed E-state index contributed by atoms with van der Waals surface area (Å²) in [5.41, 5.74) is -0.344. The SMILES string of the molecule is CN1CCN(CCc2nc(CC(O)Cn3cnc4c3c(=O)n(C)c(=O)n4C)no2)CC1.O=C(O)C=CC(=O)O.O=C(O)C=CC(=O)O. The molecular formula is C27H36N8O12. The Bertz CT molecular complexity index is 1660. The van der Waals surface area contributed by atoms with Gasteiger partial charge in [0.25, 0.3) is 5.56 Å². The number of likely N-dealkylation sites (N-methyl/N-ethyl adjacent to an activating group) is 1. The van der Waals surface area contributed by atoms with Crippen LogP contribution in [0.3, 0.4) is 0 Å². The molecule has 0 saturated carbocycles. The molecule has 0 bridgehead atoms. The number of aromatic nitrogens is 6. The number of fused-ring (bicyclic) bond motifs is 1. The van der Waals surface area contributed by atoms with Crippen LogP contribution >= 0.6 is 0 Å². The normalized spacial score (nSPS) is 14.4. The Labute approximate surface area is 265 Å². The fraction of sp³-hybridized carbons (Fsp3) is 0.444. The molecule has 0 aliphatic carbocycles. The van der Waals surface area contributed by atoms with Gasteiger partial charge >= 0.3 is 29.6 Å². The third-order valence-electron chi connectivity index (χ3n) is 6.53. The molecule has 0 spiro atoms. The smallest absolute Gasteiger partial charge is 0.332 e. The first-order valence-corrected chi connectivity index (χ1v) is 13.9. The zero-order valence-electron chi connectivity index (χ0n) is 25.8. The van der Waals surface area contributed by atoms with Crippen LogP contribution in [0.4, 0.5) is 0 Å². The maximum absolute atomic E-state index is 12.5. The summed E-state index contributed by atoms with van der Waals surface area (Å²) in [5, 5.41) is 45.7. The highest BCUT2D eigenvalue weighted by atomic mass is 16.5. The number of aliphatic hydroxyl groups excluding tert-OH is 1. The van der Waals surface area contributed by atoms with E-state index in [-0.39, 0.29) is 24.1 Å². The topological polar surface area (TPSA) is 277 Å². The maximum atomic E-state index is 12.5. The van der Waals surface area contributed by atoms with Crippen LogP contribution in [0.2, 0.25) is 0 Å². The van der Waals surface area contributed by atoms with E-state index < -0.39 is 41.2 Å². The van der Waals surface area contributed by atoms with E-state index in [9.17, 15) is 33.9 Å². The molecule has 1 atom stereocenters. The summed E-state index contributed by atoms with van der Waals surface area (Å²) >= 11 is 0. The molecule has 256 valence electrons. The second kappa shape index (κ2) is 17.9. The molecule has 4 rings (SSSR count). The van der Waals surface area contributed by atoms with Gasteiger partial charge in [0.1, 0.15) is 0 Å². The monoisotopic (exact) mass is 664 g/mol. The number of carboxylic acids is 4. The molecular weight excluding hydrogens is 628 g/mol. The maximum Gasteiger partial charge on any atom is 0.332 e. The summed E-state index contributed by atoms with van der Waals surface area (Å²) in [6.07, 6.45) is 3.69. The Hall–Kier alpha value is -5.47. The second-order valence-electron chi connectivity index (χ2n) is 10.2. The predicted octanol–water partition coefficient (Wildman–Crippen LogP) is -2.37. The molecule has 4 heterocycles. The van der Waals surface area contributed by atoms with Crippen LogP contribution in [0.15, 0.2) is 44.7 Å². The Morgan fingerprint density at radius 3 is 1.91 bits per heavy atom. The van der Waals surface area contributed by atoms with Crippen molar-refractivity contribution in [3.63, 3.8) is 0 Å². The Kier molecular flexibility index (Phi) is 14.3. The van der Waals surface area contributed by atoms with E-state index in [2.05, 4.69) is 32.0 Å². The quantitative estimate of drug-likeness (QED) is 0.134. The number of aryl methyl sites for hydroxylation is 1. The van der Waals surface area contributed by atoms with Crippen molar-refractivity contribution in [1.29, 1.82) is 0 Å². The van der Waals surface area contributed by atoms with E-state index in [4.69, 9.17) is 24.9 Å². The second-order valence-corrected chi connectivity index (χ2v) is 10.2. The summed E-state index contributed by atoms with van der Waals surface area (Å²) in [7, 11) is 5.10. The number of carboxylic acid groups (broad SMARTS) is 4. The molecule has 1 aliphatic rings. The predicted molar refractivity (Wildman–Crippen MR) is 161 cm³/mol. The highest BCUT2D eigenvalue weighted by molar-refractivity contribution is 5.90. The van der Waals surface area contributed by atoms with Crippen LogP contribution in [-0.4, -0.2) is 134 Å². The van der Waals surface area contributed by atoms with Crippen molar-refractivity contribution in [2.75, 3.05) is 39.8 Å². The first-order chi connectivity index (χ1) is 22.1. The van der Waals surface area contributed by atoms with Crippen LogP contribution in [0, 0.1) is 0 Å². The fourth-order valence-electron chi connectivity index (χ4n) is 4.12. The Morgan fingerprint density at radius 1 is 0.872 bits per heavy atom. The average Bonchev–Trinajstić information content (AvgIpc) is 3.64. The number of piperazine rings is 1. The molecule has 3 aromatic heterocycles. The first-order valence-electron chi connectivity index (χ1n) is 13.9. The lowest BCUT2D eigenvalue weighted by atomic mass is 10.2. The van der Waals surface area contributed by atoms with Crippen molar-refractivity contribution in [1.82, 2.24) is 38.6 Å². The van der Waals surface area contributed by atoms with Crippen LogP contribution in [-0.2, 0) is 52.7 Å². The molecule has 47 heavy (non-hydrogen) atoms.